The van der Waals surface area contributed by atoms with Gasteiger partial charge in [-0.05, 0) is 5.92 Å². The van der Waals surface area contributed by atoms with Gasteiger partial charge >= 0.3 is 0 Å². The third kappa shape index (κ3) is 1.67. The van der Waals surface area contributed by atoms with Crippen molar-refractivity contribution in [3.05, 3.63) is 17.7 Å². The summed E-state index contributed by atoms with van der Waals surface area (Å²) in [5.74, 6) is 1.45. The summed E-state index contributed by atoms with van der Waals surface area (Å²) in [4.78, 5) is 4.23. The third-order valence-corrected chi connectivity index (χ3v) is 2.05. The van der Waals surface area contributed by atoms with Crippen LogP contribution < -0.4 is 0 Å². The molecule has 68 valence electrons. The number of imidazole rings is 1. The first-order valence-electron chi connectivity index (χ1n) is 4.28. The Morgan fingerprint density at radius 1 is 1.58 bits per heavy atom. The van der Waals surface area contributed by atoms with E-state index in [1.165, 1.54) is 5.69 Å². The molecule has 1 aromatic heterocycles. The van der Waals surface area contributed by atoms with Gasteiger partial charge in [0.1, 0.15) is 5.82 Å². The molecule has 0 saturated carbocycles. The van der Waals surface area contributed by atoms with E-state index in [1.54, 1.807) is 0 Å². The zero-order valence-electron chi connectivity index (χ0n) is 7.91. The van der Waals surface area contributed by atoms with Crippen LogP contribution in [0.5, 0.6) is 0 Å². The number of aliphatic hydroxyl groups is 1. The molecule has 0 aliphatic rings. The van der Waals surface area contributed by atoms with E-state index >= 15 is 0 Å². The summed E-state index contributed by atoms with van der Waals surface area (Å²) >= 11 is 0. The highest BCUT2D eigenvalue weighted by molar-refractivity contribution is 5.08. The molecule has 0 amide bonds. The Morgan fingerprint density at radius 2 is 2.25 bits per heavy atom. The van der Waals surface area contributed by atoms with Crippen LogP contribution in [0.15, 0.2) is 6.20 Å². The van der Waals surface area contributed by atoms with Crippen LogP contribution >= 0.6 is 0 Å². The van der Waals surface area contributed by atoms with Gasteiger partial charge in [-0.15, -0.1) is 0 Å². The van der Waals surface area contributed by atoms with Crippen molar-refractivity contribution in [1.29, 1.82) is 0 Å². The standard InChI is InChI=1S/C9H16N2O/c1-7(2)8-6-10-9(4-5-12)11(8)3/h6-7,12H,4-5H2,1-3H3. The van der Waals surface area contributed by atoms with Gasteiger partial charge in [-0.25, -0.2) is 4.98 Å². The molecule has 3 heteroatoms. The van der Waals surface area contributed by atoms with Crippen LogP contribution in [-0.4, -0.2) is 21.3 Å². The van der Waals surface area contributed by atoms with Crippen LogP contribution in [0.25, 0.3) is 0 Å². The second-order valence-corrected chi connectivity index (χ2v) is 3.29. The van der Waals surface area contributed by atoms with Crippen LogP contribution in [0, 0.1) is 0 Å². The molecule has 0 saturated heterocycles. The van der Waals surface area contributed by atoms with Crippen LogP contribution in [0.2, 0.25) is 0 Å². The first kappa shape index (κ1) is 9.26. The molecule has 0 bridgehead atoms. The fraction of sp³-hybridized carbons (Fsp3) is 0.667. The predicted octanol–water partition coefficient (Wildman–Crippen LogP) is 1.08. The molecule has 1 heterocycles. The molecule has 0 aliphatic carbocycles. The van der Waals surface area contributed by atoms with Crippen molar-refractivity contribution < 1.29 is 5.11 Å². The van der Waals surface area contributed by atoms with E-state index in [-0.39, 0.29) is 6.61 Å². The Balaban J connectivity index is 2.88. The number of aromatic nitrogens is 2. The van der Waals surface area contributed by atoms with Crippen molar-refractivity contribution >= 4 is 0 Å². The summed E-state index contributed by atoms with van der Waals surface area (Å²) in [5, 5.41) is 8.74. The molecule has 3 nitrogen and oxygen atoms in total. The normalized spacial score (nSPS) is 11.1. The quantitative estimate of drug-likeness (QED) is 0.733. The van der Waals surface area contributed by atoms with E-state index in [0.29, 0.717) is 12.3 Å². The monoisotopic (exact) mass is 168 g/mol. The lowest BCUT2D eigenvalue weighted by atomic mass is 10.1. The minimum absolute atomic E-state index is 0.169. The topological polar surface area (TPSA) is 38.1 Å². The molecule has 1 N–H and O–H groups in total. The van der Waals surface area contributed by atoms with Crippen molar-refractivity contribution in [2.24, 2.45) is 7.05 Å². The summed E-state index contributed by atoms with van der Waals surface area (Å²) in [6, 6.07) is 0. The minimum Gasteiger partial charge on any atom is -0.396 e. The average molecular weight is 168 g/mol. The van der Waals surface area contributed by atoms with Crippen molar-refractivity contribution in [3.8, 4) is 0 Å². The van der Waals surface area contributed by atoms with E-state index in [4.69, 9.17) is 5.11 Å². The second-order valence-electron chi connectivity index (χ2n) is 3.29. The molecule has 0 spiro atoms. The van der Waals surface area contributed by atoms with Gasteiger partial charge in [-0.2, -0.15) is 0 Å². The zero-order chi connectivity index (χ0) is 9.14. The van der Waals surface area contributed by atoms with Crippen LogP contribution in [0.3, 0.4) is 0 Å². The van der Waals surface area contributed by atoms with Crippen LogP contribution in [0.1, 0.15) is 31.3 Å². The van der Waals surface area contributed by atoms with E-state index in [0.717, 1.165) is 5.82 Å². The summed E-state index contributed by atoms with van der Waals surface area (Å²) < 4.78 is 2.06. The van der Waals surface area contributed by atoms with Crippen molar-refractivity contribution in [3.63, 3.8) is 0 Å². The summed E-state index contributed by atoms with van der Waals surface area (Å²) in [6.45, 7) is 4.45. The fourth-order valence-electron chi connectivity index (χ4n) is 1.33. The molecule has 12 heavy (non-hydrogen) atoms. The summed E-state index contributed by atoms with van der Waals surface area (Å²) in [5.41, 5.74) is 1.22. The highest BCUT2D eigenvalue weighted by Crippen LogP contribution is 2.14. The first-order valence-corrected chi connectivity index (χ1v) is 4.28. The van der Waals surface area contributed by atoms with Gasteiger partial charge in [-0.1, -0.05) is 13.8 Å². The molecule has 1 rings (SSSR count). The molecule has 0 fully saturated rings. The van der Waals surface area contributed by atoms with Gasteiger partial charge in [0.2, 0.25) is 0 Å². The van der Waals surface area contributed by atoms with E-state index in [9.17, 15) is 0 Å². The van der Waals surface area contributed by atoms with Crippen LogP contribution in [0.4, 0.5) is 0 Å². The Bertz CT molecular complexity index is 253. The Kier molecular flexibility index (Phi) is 2.87. The predicted molar refractivity (Wildman–Crippen MR) is 48.1 cm³/mol. The fourth-order valence-corrected chi connectivity index (χ4v) is 1.33. The Hall–Kier alpha value is -0.830. The number of rotatable bonds is 3. The number of hydrogen-bond donors (Lipinski definition) is 1. The second kappa shape index (κ2) is 3.72. The molecular weight excluding hydrogens is 152 g/mol. The van der Waals surface area contributed by atoms with Crippen molar-refractivity contribution in [1.82, 2.24) is 9.55 Å². The molecule has 0 aliphatic heterocycles. The van der Waals surface area contributed by atoms with Crippen molar-refractivity contribution in [2.75, 3.05) is 6.61 Å². The van der Waals surface area contributed by atoms with Gasteiger partial charge in [0.05, 0.1) is 6.61 Å². The molecule has 0 aromatic carbocycles. The van der Waals surface area contributed by atoms with Gasteiger partial charge in [0.25, 0.3) is 0 Å². The lowest BCUT2D eigenvalue weighted by Crippen LogP contribution is -2.04. The summed E-state index contributed by atoms with van der Waals surface area (Å²) in [7, 11) is 1.99. The number of nitrogens with zero attached hydrogens (tertiary/aromatic N) is 2. The minimum atomic E-state index is 0.169. The van der Waals surface area contributed by atoms with Gasteiger partial charge in [-0.3, -0.25) is 0 Å². The zero-order valence-corrected chi connectivity index (χ0v) is 7.91. The molecule has 1 aromatic rings. The lowest BCUT2D eigenvalue weighted by molar-refractivity contribution is 0.295. The Labute approximate surface area is 73.1 Å². The van der Waals surface area contributed by atoms with E-state index in [1.807, 2.05) is 13.2 Å². The maximum atomic E-state index is 8.74. The third-order valence-electron chi connectivity index (χ3n) is 2.05. The van der Waals surface area contributed by atoms with Crippen molar-refractivity contribution in [2.45, 2.75) is 26.2 Å². The maximum Gasteiger partial charge on any atom is 0.110 e. The smallest absolute Gasteiger partial charge is 0.110 e. The summed E-state index contributed by atoms with van der Waals surface area (Å²) in [6.07, 6.45) is 2.53. The maximum absolute atomic E-state index is 8.74. The molecular formula is C9H16N2O. The lowest BCUT2D eigenvalue weighted by Gasteiger charge is -2.07. The molecule has 0 atom stereocenters. The van der Waals surface area contributed by atoms with Gasteiger partial charge < -0.3 is 9.67 Å². The van der Waals surface area contributed by atoms with Crippen LogP contribution in [-0.2, 0) is 13.5 Å². The number of hydrogen-bond acceptors (Lipinski definition) is 2. The van der Waals surface area contributed by atoms with Gasteiger partial charge in [0, 0.05) is 25.4 Å². The highest BCUT2D eigenvalue weighted by Gasteiger charge is 2.08. The van der Waals surface area contributed by atoms with E-state index in [2.05, 4.69) is 23.4 Å². The molecule has 0 unspecified atom stereocenters. The highest BCUT2D eigenvalue weighted by atomic mass is 16.3. The molecule has 0 radical (unpaired) electrons. The number of aliphatic hydroxyl groups excluding tert-OH is 1. The Morgan fingerprint density at radius 3 is 2.67 bits per heavy atom. The average Bonchev–Trinajstić information content (AvgIpc) is 2.34. The first-order chi connectivity index (χ1) is 5.66. The van der Waals surface area contributed by atoms with E-state index < -0.39 is 0 Å². The largest absolute Gasteiger partial charge is 0.396 e. The van der Waals surface area contributed by atoms with Gasteiger partial charge in [0.15, 0.2) is 0 Å². The SMILES string of the molecule is CC(C)c1cnc(CCO)n1C.